The van der Waals surface area contributed by atoms with Crippen LogP contribution >= 0.6 is 11.6 Å². The Balaban J connectivity index is 2.18. The van der Waals surface area contributed by atoms with Crippen LogP contribution in [0.25, 0.3) is 0 Å². The number of nitrogens with one attached hydrogen (secondary N) is 1. The minimum Gasteiger partial charge on any atom is -0.394 e. The lowest BCUT2D eigenvalue weighted by molar-refractivity contribution is 0.00314. The third-order valence-electron chi connectivity index (χ3n) is 2.45. The van der Waals surface area contributed by atoms with Crippen molar-refractivity contribution in [3.8, 4) is 0 Å². The molecule has 1 aromatic rings. The first-order chi connectivity index (χ1) is 8.22. The molecule has 1 aliphatic heterocycles. The van der Waals surface area contributed by atoms with E-state index in [0.717, 1.165) is 0 Å². The van der Waals surface area contributed by atoms with Crippen molar-refractivity contribution < 1.29 is 9.84 Å². The molecule has 0 amide bonds. The van der Waals surface area contributed by atoms with Crippen molar-refractivity contribution in [1.29, 1.82) is 0 Å². The maximum atomic E-state index is 9.07. The maximum absolute atomic E-state index is 9.07. The molecule has 2 N–H and O–H groups in total. The van der Waals surface area contributed by atoms with Gasteiger partial charge in [-0.05, 0) is 11.6 Å². The minimum atomic E-state index is -0.211. The van der Waals surface area contributed by atoms with Crippen LogP contribution in [0.5, 0.6) is 0 Å². The molecule has 0 radical (unpaired) electrons. The molecule has 1 saturated heterocycles. The van der Waals surface area contributed by atoms with Crippen LogP contribution < -0.4 is 10.2 Å². The first-order valence-corrected chi connectivity index (χ1v) is 5.67. The largest absolute Gasteiger partial charge is 0.394 e. The second-order valence-corrected chi connectivity index (χ2v) is 3.94. The molecule has 0 spiro atoms. The Morgan fingerprint density at radius 3 is 3.06 bits per heavy atom. The van der Waals surface area contributed by atoms with Crippen LogP contribution in [0.3, 0.4) is 0 Å². The van der Waals surface area contributed by atoms with E-state index in [-0.39, 0.29) is 18.0 Å². The summed E-state index contributed by atoms with van der Waals surface area (Å²) < 4.78 is 5.35. The van der Waals surface area contributed by atoms with Crippen molar-refractivity contribution in [1.82, 2.24) is 15.0 Å². The van der Waals surface area contributed by atoms with E-state index < -0.39 is 0 Å². The number of morpholine rings is 1. The van der Waals surface area contributed by atoms with E-state index in [2.05, 4.69) is 20.3 Å². The van der Waals surface area contributed by atoms with Crippen molar-refractivity contribution in [3.05, 3.63) is 5.28 Å². The van der Waals surface area contributed by atoms with Gasteiger partial charge in [0.05, 0.1) is 19.3 Å². The molecule has 1 fully saturated rings. The van der Waals surface area contributed by atoms with Gasteiger partial charge in [-0.2, -0.15) is 15.0 Å². The first kappa shape index (κ1) is 12.3. The number of hydrogen-bond donors (Lipinski definition) is 2. The number of nitrogens with zero attached hydrogens (tertiary/aromatic N) is 4. The van der Waals surface area contributed by atoms with Crippen molar-refractivity contribution in [2.75, 3.05) is 43.6 Å². The zero-order chi connectivity index (χ0) is 12.3. The average Bonchev–Trinajstić information content (AvgIpc) is 2.38. The maximum Gasteiger partial charge on any atom is 0.231 e. The van der Waals surface area contributed by atoms with Crippen LogP contribution in [0.1, 0.15) is 0 Å². The quantitative estimate of drug-likeness (QED) is 0.775. The highest BCUT2D eigenvalue weighted by Gasteiger charge is 2.22. The Kier molecular flexibility index (Phi) is 3.93. The van der Waals surface area contributed by atoms with Gasteiger partial charge in [-0.15, -0.1) is 0 Å². The Labute approximate surface area is 104 Å². The summed E-state index contributed by atoms with van der Waals surface area (Å²) in [5.41, 5.74) is 0. The molecule has 94 valence electrons. The predicted molar refractivity (Wildman–Crippen MR) is 63.4 cm³/mol. The van der Waals surface area contributed by atoms with E-state index in [0.29, 0.717) is 31.6 Å². The molecule has 0 aliphatic carbocycles. The van der Waals surface area contributed by atoms with Crippen LogP contribution in [0.15, 0.2) is 0 Å². The lowest BCUT2D eigenvalue weighted by atomic mass is 10.3. The average molecular weight is 260 g/mol. The number of aliphatic hydroxyl groups is 1. The molecular formula is C9H14ClN5O2. The van der Waals surface area contributed by atoms with E-state index in [9.17, 15) is 0 Å². The van der Waals surface area contributed by atoms with Gasteiger partial charge >= 0.3 is 0 Å². The number of hydrogen-bond acceptors (Lipinski definition) is 7. The van der Waals surface area contributed by atoms with E-state index in [1.54, 1.807) is 7.05 Å². The third kappa shape index (κ3) is 2.93. The highest BCUT2D eigenvalue weighted by Crippen LogP contribution is 2.16. The minimum absolute atomic E-state index is 0.0196. The molecule has 2 rings (SSSR count). The highest BCUT2D eigenvalue weighted by molar-refractivity contribution is 6.28. The summed E-state index contributed by atoms with van der Waals surface area (Å²) in [7, 11) is 1.71. The number of aromatic nitrogens is 3. The van der Waals surface area contributed by atoms with Crippen molar-refractivity contribution >= 4 is 23.5 Å². The molecule has 1 unspecified atom stereocenters. The zero-order valence-electron chi connectivity index (χ0n) is 9.43. The standard InChI is InChI=1S/C9H14ClN5O2/c1-11-8-12-7(10)13-9(14-8)15-2-3-17-6(4-15)5-16/h6,16H,2-5H2,1H3,(H,11,12,13,14). The normalized spacial score (nSPS) is 20.4. The lowest BCUT2D eigenvalue weighted by Crippen LogP contribution is -2.44. The molecular weight excluding hydrogens is 246 g/mol. The number of rotatable bonds is 3. The molecule has 17 heavy (non-hydrogen) atoms. The second kappa shape index (κ2) is 5.44. The Morgan fingerprint density at radius 1 is 1.53 bits per heavy atom. The molecule has 7 nitrogen and oxygen atoms in total. The fourth-order valence-corrected chi connectivity index (χ4v) is 1.76. The van der Waals surface area contributed by atoms with Gasteiger partial charge in [0.15, 0.2) is 0 Å². The third-order valence-corrected chi connectivity index (χ3v) is 2.61. The van der Waals surface area contributed by atoms with Crippen LogP contribution in [-0.2, 0) is 4.74 Å². The number of ether oxygens (including phenoxy) is 1. The monoisotopic (exact) mass is 259 g/mol. The fourth-order valence-electron chi connectivity index (χ4n) is 1.60. The van der Waals surface area contributed by atoms with Crippen LogP contribution in [-0.4, -0.2) is 59.5 Å². The lowest BCUT2D eigenvalue weighted by Gasteiger charge is -2.31. The van der Waals surface area contributed by atoms with Gasteiger partial charge in [-0.1, -0.05) is 0 Å². The topological polar surface area (TPSA) is 83.4 Å². The summed E-state index contributed by atoms with van der Waals surface area (Å²) in [6.45, 7) is 1.72. The first-order valence-electron chi connectivity index (χ1n) is 5.29. The summed E-state index contributed by atoms with van der Waals surface area (Å²) in [6, 6.07) is 0. The summed E-state index contributed by atoms with van der Waals surface area (Å²) in [4.78, 5) is 14.1. The highest BCUT2D eigenvalue weighted by atomic mass is 35.5. The Bertz CT molecular complexity index is 392. The molecule has 2 heterocycles. The van der Waals surface area contributed by atoms with Gasteiger partial charge in [-0.25, -0.2) is 0 Å². The molecule has 0 aromatic carbocycles. The van der Waals surface area contributed by atoms with Crippen molar-refractivity contribution in [2.45, 2.75) is 6.10 Å². The van der Waals surface area contributed by atoms with Gasteiger partial charge in [0, 0.05) is 20.1 Å². The van der Waals surface area contributed by atoms with E-state index in [1.165, 1.54) is 0 Å². The molecule has 0 bridgehead atoms. The van der Waals surface area contributed by atoms with Gasteiger partial charge in [-0.3, -0.25) is 0 Å². The predicted octanol–water partition coefficient (Wildman–Crippen LogP) is -0.236. The van der Waals surface area contributed by atoms with Crippen LogP contribution in [0.2, 0.25) is 5.28 Å². The summed E-state index contributed by atoms with van der Waals surface area (Å²) in [6.07, 6.45) is -0.211. The SMILES string of the molecule is CNc1nc(Cl)nc(N2CCOC(CO)C2)n1. The van der Waals surface area contributed by atoms with Gasteiger partial charge < -0.3 is 20.1 Å². The Morgan fingerprint density at radius 2 is 2.35 bits per heavy atom. The van der Waals surface area contributed by atoms with Gasteiger partial charge in [0.2, 0.25) is 17.2 Å². The fraction of sp³-hybridized carbons (Fsp3) is 0.667. The van der Waals surface area contributed by atoms with Crippen LogP contribution in [0.4, 0.5) is 11.9 Å². The van der Waals surface area contributed by atoms with Gasteiger partial charge in [0.25, 0.3) is 0 Å². The zero-order valence-corrected chi connectivity index (χ0v) is 10.2. The number of anilines is 2. The molecule has 1 aromatic heterocycles. The number of halogens is 1. The molecule has 1 atom stereocenters. The van der Waals surface area contributed by atoms with Crippen molar-refractivity contribution in [3.63, 3.8) is 0 Å². The van der Waals surface area contributed by atoms with Gasteiger partial charge in [0.1, 0.15) is 0 Å². The summed E-state index contributed by atoms with van der Waals surface area (Å²) in [5.74, 6) is 0.920. The number of aliphatic hydroxyl groups excluding tert-OH is 1. The summed E-state index contributed by atoms with van der Waals surface area (Å²) in [5, 5.41) is 12.0. The smallest absolute Gasteiger partial charge is 0.231 e. The van der Waals surface area contributed by atoms with Crippen LogP contribution in [0, 0.1) is 0 Å². The van der Waals surface area contributed by atoms with E-state index >= 15 is 0 Å². The van der Waals surface area contributed by atoms with E-state index in [1.807, 2.05) is 4.90 Å². The van der Waals surface area contributed by atoms with Crippen molar-refractivity contribution in [2.24, 2.45) is 0 Å². The molecule has 8 heteroatoms. The molecule has 1 aliphatic rings. The molecule has 0 saturated carbocycles. The summed E-state index contributed by atoms with van der Waals surface area (Å²) >= 11 is 5.81. The second-order valence-electron chi connectivity index (χ2n) is 3.60. The Hall–Kier alpha value is -1.18. The van der Waals surface area contributed by atoms with E-state index in [4.69, 9.17) is 21.4 Å².